The average molecular weight is 477 g/mol. The Morgan fingerprint density at radius 2 is 1.71 bits per heavy atom. The van der Waals surface area contributed by atoms with Gasteiger partial charge in [-0.2, -0.15) is 0 Å². The zero-order valence-electron chi connectivity index (χ0n) is 19.2. The summed E-state index contributed by atoms with van der Waals surface area (Å²) in [7, 11) is 0. The Hall–Kier alpha value is -3.65. The molecule has 6 nitrogen and oxygen atoms in total. The first kappa shape index (κ1) is 23.5. The minimum absolute atomic E-state index is 0.122. The summed E-state index contributed by atoms with van der Waals surface area (Å²) in [6.07, 6.45) is 0. The third-order valence-electron chi connectivity index (χ3n) is 5.41. The molecule has 0 spiro atoms. The van der Waals surface area contributed by atoms with E-state index in [1.165, 1.54) is 17.8 Å². The predicted octanol–water partition coefficient (Wildman–Crippen LogP) is 5.11. The number of halogens is 1. The molecule has 0 radical (unpaired) electrons. The Morgan fingerprint density at radius 3 is 2.38 bits per heavy atom. The van der Waals surface area contributed by atoms with Crippen LogP contribution in [-0.2, 0) is 11.3 Å². The highest BCUT2D eigenvalue weighted by molar-refractivity contribution is 7.99. The van der Waals surface area contributed by atoms with Gasteiger partial charge in [-0.15, -0.1) is 10.2 Å². The smallest absolute Gasteiger partial charge is 0.230 e. The number of phenols is 1. The molecule has 0 aliphatic rings. The van der Waals surface area contributed by atoms with Crippen molar-refractivity contribution in [2.24, 2.45) is 0 Å². The van der Waals surface area contributed by atoms with Gasteiger partial charge < -0.3 is 10.4 Å². The van der Waals surface area contributed by atoms with Gasteiger partial charge in [0, 0.05) is 12.2 Å². The molecule has 0 fully saturated rings. The molecule has 3 aromatic carbocycles. The number of hydrogen-bond donors (Lipinski definition) is 2. The molecule has 0 aliphatic carbocycles. The number of hydrogen-bond acceptors (Lipinski definition) is 5. The molecule has 0 saturated heterocycles. The number of benzene rings is 3. The molecular formula is C26H25FN4O2S. The van der Waals surface area contributed by atoms with Gasteiger partial charge in [-0.3, -0.25) is 9.36 Å². The highest BCUT2D eigenvalue weighted by Gasteiger charge is 2.19. The number of rotatable bonds is 7. The largest absolute Gasteiger partial charge is 0.507 e. The summed E-state index contributed by atoms with van der Waals surface area (Å²) >= 11 is 1.23. The lowest BCUT2D eigenvalue weighted by atomic mass is 10.1. The molecule has 4 rings (SSSR count). The lowest BCUT2D eigenvalue weighted by Gasteiger charge is -2.12. The van der Waals surface area contributed by atoms with E-state index in [4.69, 9.17) is 0 Å². The Balaban J connectivity index is 1.53. The molecule has 1 aromatic heterocycles. The zero-order valence-corrected chi connectivity index (χ0v) is 20.0. The predicted molar refractivity (Wildman–Crippen MR) is 132 cm³/mol. The second-order valence-electron chi connectivity index (χ2n) is 8.10. The van der Waals surface area contributed by atoms with E-state index in [1.807, 2.05) is 57.2 Å². The van der Waals surface area contributed by atoms with Gasteiger partial charge in [0.15, 0.2) is 11.0 Å². The highest BCUT2D eigenvalue weighted by Crippen LogP contribution is 2.29. The Labute approximate surface area is 201 Å². The van der Waals surface area contributed by atoms with Crippen LogP contribution in [0.5, 0.6) is 5.75 Å². The van der Waals surface area contributed by atoms with Crippen molar-refractivity contribution in [2.75, 3.05) is 5.75 Å². The van der Waals surface area contributed by atoms with E-state index in [-0.39, 0.29) is 17.4 Å². The maximum atomic E-state index is 14.5. The van der Waals surface area contributed by atoms with Crippen LogP contribution < -0.4 is 5.32 Å². The first-order valence-corrected chi connectivity index (χ1v) is 11.8. The molecular weight excluding hydrogens is 451 g/mol. The average Bonchev–Trinajstić information content (AvgIpc) is 3.24. The molecule has 2 N–H and O–H groups in total. The number of aryl methyl sites for hydroxylation is 3. The summed E-state index contributed by atoms with van der Waals surface area (Å²) in [5.41, 5.74) is 4.67. The monoisotopic (exact) mass is 476 g/mol. The van der Waals surface area contributed by atoms with Crippen molar-refractivity contribution in [2.45, 2.75) is 32.5 Å². The van der Waals surface area contributed by atoms with Crippen molar-refractivity contribution in [1.82, 2.24) is 20.1 Å². The lowest BCUT2D eigenvalue weighted by Crippen LogP contribution is -2.24. The summed E-state index contributed by atoms with van der Waals surface area (Å²) in [4.78, 5) is 12.6. The van der Waals surface area contributed by atoms with Crippen molar-refractivity contribution in [3.63, 3.8) is 0 Å². The number of phenolic OH excluding ortho intramolecular Hbond substituents is 1. The summed E-state index contributed by atoms with van der Waals surface area (Å²) in [6, 6.07) is 17.9. The topological polar surface area (TPSA) is 80.0 Å². The van der Waals surface area contributed by atoms with Gasteiger partial charge >= 0.3 is 0 Å². The van der Waals surface area contributed by atoms with Gasteiger partial charge in [0.2, 0.25) is 5.91 Å². The highest BCUT2D eigenvalue weighted by atomic mass is 32.2. The van der Waals surface area contributed by atoms with Crippen LogP contribution in [0.15, 0.2) is 65.8 Å². The van der Waals surface area contributed by atoms with Crippen LogP contribution in [0.1, 0.15) is 22.3 Å². The van der Waals surface area contributed by atoms with Crippen molar-refractivity contribution in [3.05, 3.63) is 88.7 Å². The number of nitrogens with zero attached hydrogens (tertiary/aromatic N) is 3. The number of aromatic hydroxyl groups is 1. The number of thioether (sulfide) groups is 1. The summed E-state index contributed by atoms with van der Waals surface area (Å²) in [6.45, 7) is 6.00. The Kier molecular flexibility index (Phi) is 6.98. The maximum Gasteiger partial charge on any atom is 0.230 e. The van der Waals surface area contributed by atoms with Crippen molar-refractivity contribution >= 4 is 17.7 Å². The second-order valence-corrected chi connectivity index (χ2v) is 9.04. The van der Waals surface area contributed by atoms with Gasteiger partial charge in [0.1, 0.15) is 11.6 Å². The number of amides is 1. The molecule has 0 atom stereocenters. The van der Waals surface area contributed by atoms with Crippen LogP contribution in [0.4, 0.5) is 4.39 Å². The van der Waals surface area contributed by atoms with Crippen molar-refractivity contribution < 1.29 is 14.3 Å². The standard InChI is InChI=1S/C26H25FN4O2S/c1-16-8-10-20(11-9-16)31-25(21-6-4-5-7-22(21)27)29-30-26(31)34-15-23(32)28-14-19-12-17(2)24(33)18(3)13-19/h4-13,33H,14-15H2,1-3H3,(H,28,32). The van der Waals surface area contributed by atoms with Crippen LogP contribution in [0.25, 0.3) is 17.1 Å². The minimum atomic E-state index is -0.392. The molecule has 4 aromatic rings. The van der Waals surface area contributed by atoms with E-state index in [9.17, 15) is 14.3 Å². The maximum absolute atomic E-state index is 14.5. The molecule has 0 saturated carbocycles. The molecule has 1 amide bonds. The SMILES string of the molecule is Cc1ccc(-n2c(SCC(=O)NCc3cc(C)c(O)c(C)c3)nnc2-c2ccccc2F)cc1. The van der Waals surface area contributed by atoms with Gasteiger partial charge in [-0.05, 0) is 61.7 Å². The fraction of sp³-hybridized carbons (Fsp3) is 0.192. The molecule has 0 aliphatic heterocycles. The molecule has 1 heterocycles. The molecule has 8 heteroatoms. The first-order valence-electron chi connectivity index (χ1n) is 10.8. The van der Waals surface area contributed by atoms with E-state index < -0.39 is 5.82 Å². The van der Waals surface area contributed by atoms with Gasteiger partial charge in [0.05, 0.1) is 11.3 Å². The van der Waals surface area contributed by atoms with E-state index in [2.05, 4.69) is 15.5 Å². The molecule has 0 unspecified atom stereocenters. The number of aromatic nitrogens is 3. The number of carbonyl (C=O) groups is 1. The van der Waals surface area contributed by atoms with E-state index >= 15 is 0 Å². The fourth-order valence-electron chi connectivity index (χ4n) is 3.64. The van der Waals surface area contributed by atoms with Crippen LogP contribution in [0, 0.1) is 26.6 Å². The van der Waals surface area contributed by atoms with Gasteiger partial charge in [0.25, 0.3) is 0 Å². The second kappa shape index (κ2) is 10.1. The zero-order chi connectivity index (χ0) is 24.2. The first-order chi connectivity index (χ1) is 16.3. The van der Waals surface area contributed by atoms with Crippen LogP contribution in [0.3, 0.4) is 0 Å². The van der Waals surface area contributed by atoms with Crippen LogP contribution in [0.2, 0.25) is 0 Å². The fourth-order valence-corrected chi connectivity index (χ4v) is 4.42. The van der Waals surface area contributed by atoms with Crippen molar-refractivity contribution in [1.29, 1.82) is 0 Å². The molecule has 0 bridgehead atoms. The van der Waals surface area contributed by atoms with Crippen LogP contribution >= 0.6 is 11.8 Å². The van der Waals surface area contributed by atoms with Gasteiger partial charge in [-0.1, -0.05) is 53.7 Å². The quantitative estimate of drug-likeness (QED) is 0.362. The van der Waals surface area contributed by atoms with Crippen molar-refractivity contribution in [3.8, 4) is 22.8 Å². The number of nitrogens with one attached hydrogen (secondary N) is 1. The van der Waals surface area contributed by atoms with Crippen LogP contribution in [-0.4, -0.2) is 31.5 Å². The number of carbonyl (C=O) groups excluding carboxylic acids is 1. The summed E-state index contributed by atoms with van der Waals surface area (Å²) in [5, 5.41) is 21.8. The minimum Gasteiger partial charge on any atom is -0.507 e. The third kappa shape index (κ3) is 5.12. The Morgan fingerprint density at radius 1 is 1.03 bits per heavy atom. The third-order valence-corrected chi connectivity index (χ3v) is 6.34. The van der Waals surface area contributed by atoms with E-state index in [0.29, 0.717) is 23.1 Å². The van der Waals surface area contributed by atoms with E-state index in [1.54, 1.807) is 22.8 Å². The molecule has 174 valence electrons. The summed E-state index contributed by atoms with van der Waals surface area (Å²) < 4.78 is 16.3. The summed E-state index contributed by atoms with van der Waals surface area (Å²) in [5.74, 6) is 0.208. The van der Waals surface area contributed by atoms with Gasteiger partial charge in [-0.25, -0.2) is 4.39 Å². The Bertz CT molecular complexity index is 1310. The molecule has 34 heavy (non-hydrogen) atoms. The van der Waals surface area contributed by atoms with E-state index in [0.717, 1.165) is 27.9 Å². The normalized spacial score (nSPS) is 10.9. The lowest BCUT2D eigenvalue weighted by molar-refractivity contribution is -0.118.